The van der Waals surface area contributed by atoms with E-state index in [1.165, 1.54) is 0 Å². The van der Waals surface area contributed by atoms with Crippen LogP contribution in [0.2, 0.25) is 0 Å². The van der Waals surface area contributed by atoms with Crippen LogP contribution in [0.1, 0.15) is 44.7 Å². The topological polar surface area (TPSA) is 85.8 Å². The summed E-state index contributed by atoms with van der Waals surface area (Å²) in [6, 6.07) is 17.3. The van der Waals surface area contributed by atoms with E-state index in [9.17, 15) is 9.90 Å². The van der Waals surface area contributed by atoms with Crippen molar-refractivity contribution in [2.75, 3.05) is 18.4 Å². The summed E-state index contributed by atoms with van der Waals surface area (Å²) in [5, 5.41) is 20.0. The largest absolute Gasteiger partial charge is 0.384 e. The van der Waals surface area contributed by atoms with Crippen LogP contribution in [0.5, 0.6) is 0 Å². The summed E-state index contributed by atoms with van der Waals surface area (Å²) in [5.74, 6) is 0.673. The average molecular weight is 524 g/mol. The van der Waals surface area contributed by atoms with Gasteiger partial charge in [0.05, 0.1) is 13.1 Å². The van der Waals surface area contributed by atoms with Crippen LogP contribution in [0.25, 0.3) is 0 Å². The molecule has 30 heavy (non-hydrogen) atoms. The third-order valence-corrected chi connectivity index (χ3v) is 4.47. The molecular weight excluding hydrogens is 491 g/mol. The van der Waals surface area contributed by atoms with Crippen LogP contribution < -0.4 is 16.0 Å². The average Bonchev–Trinajstić information content (AvgIpc) is 2.72. The van der Waals surface area contributed by atoms with Crippen LogP contribution in [0, 0.1) is 0 Å². The minimum atomic E-state index is -1.00. The molecule has 0 radical (unpaired) electrons. The van der Waals surface area contributed by atoms with Crippen molar-refractivity contribution in [1.29, 1.82) is 0 Å². The Hall–Kier alpha value is -2.13. The van der Waals surface area contributed by atoms with Crippen LogP contribution in [0.3, 0.4) is 0 Å². The zero-order valence-corrected chi connectivity index (χ0v) is 20.3. The van der Waals surface area contributed by atoms with Crippen molar-refractivity contribution in [2.45, 2.75) is 45.8 Å². The molecule has 0 saturated heterocycles. The Labute approximate surface area is 196 Å². The van der Waals surface area contributed by atoms with Gasteiger partial charge >= 0.3 is 0 Å². The van der Waals surface area contributed by atoms with Gasteiger partial charge in [-0.1, -0.05) is 49.4 Å². The van der Waals surface area contributed by atoms with Crippen LogP contribution in [-0.4, -0.2) is 30.1 Å². The number of guanidine groups is 1. The maximum atomic E-state index is 11.7. The molecule has 2 aromatic carbocycles. The molecule has 0 aliphatic carbocycles. The summed E-state index contributed by atoms with van der Waals surface area (Å²) in [6.45, 7) is 7.32. The van der Waals surface area contributed by atoms with Gasteiger partial charge in [-0.15, -0.1) is 24.0 Å². The minimum Gasteiger partial charge on any atom is -0.384 e. The van der Waals surface area contributed by atoms with Crippen LogP contribution in [-0.2, 0) is 16.9 Å². The van der Waals surface area contributed by atoms with Crippen molar-refractivity contribution >= 4 is 41.5 Å². The van der Waals surface area contributed by atoms with Gasteiger partial charge in [0.1, 0.15) is 5.60 Å². The molecule has 0 saturated carbocycles. The minimum absolute atomic E-state index is 0. The maximum absolute atomic E-state index is 11.7. The normalized spacial score (nSPS) is 13.0. The van der Waals surface area contributed by atoms with Gasteiger partial charge in [0.15, 0.2) is 5.96 Å². The van der Waals surface area contributed by atoms with Crippen LogP contribution in [0.15, 0.2) is 59.6 Å². The lowest BCUT2D eigenvalue weighted by Gasteiger charge is -2.25. The van der Waals surface area contributed by atoms with Crippen molar-refractivity contribution < 1.29 is 9.90 Å². The fourth-order valence-electron chi connectivity index (χ4n) is 2.81. The van der Waals surface area contributed by atoms with E-state index in [2.05, 4.69) is 20.9 Å². The molecular formula is C23H33IN4O2. The Morgan fingerprint density at radius 3 is 2.30 bits per heavy atom. The molecule has 7 heteroatoms. The van der Waals surface area contributed by atoms with E-state index in [1.807, 2.05) is 68.4 Å². The second-order valence-corrected chi connectivity index (χ2v) is 7.18. The maximum Gasteiger partial charge on any atom is 0.224 e. The smallest absolute Gasteiger partial charge is 0.224 e. The molecule has 0 spiro atoms. The predicted octanol–water partition coefficient (Wildman–Crippen LogP) is 4.01. The molecule has 0 fully saturated rings. The van der Waals surface area contributed by atoms with Crippen molar-refractivity contribution in [1.82, 2.24) is 10.6 Å². The highest BCUT2D eigenvalue weighted by molar-refractivity contribution is 14.0. The van der Waals surface area contributed by atoms with E-state index in [1.54, 1.807) is 6.92 Å². The third kappa shape index (κ3) is 8.71. The zero-order valence-electron chi connectivity index (χ0n) is 17.9. The van der Waals surface area contributed by atoms with Crippen LogP contribution in [0.4, 0.5) is 5.69 Å². The van der Waals surface area contributed by atoms with Gasteiger partial charge < -0.3 is 21.1 Å². The molecule has 4 N–H and O–H groups in total. The number of carbonyl (C=O) groups is 1. The van der Waals surface area contributed by atoms with E-state index >= 15 is 0 Å². The molecule has 2 rings (SSSR count). The molecule has 0 aliphatic heterocycles. The van der Waals surface area contributed by atoms with Crippen molar-refractivity contribution in [3.8, 4) is 0 Å². The highest BCUT2D eigenvalue weighted by Crippen LogP contribution is 2.18. The van der Waals surface area contributed by atoms with E-state index in [0.717, 1.165) is 29.8 Å². The Bertz CT molecular complexity index is 793. The lowest BCUT2D eigenvalue weighted by molar-refractivity contribution is -0.116. The molecule has 0 aromatic heterocycles. The fraction of sp³-hybridized carbons (Fsp3) is 0.391. The number of aliphatic hydroxyl groups is 1. The van der Waals surface area contributed by atoms with Crippen LogP contribution >= 0.6 is 24.0 Å². The van der Waals surface area contributed by atoms with Crippen molar-refractivity contribution in [3.05, 3.63) is 65.7 Å². The summed E-state index contributed by atoms with van der Waals surface area (Å²) >= 11 is 0. The SMILES string of the molecule is CCCC(=O)Nc1ccc(CN=C(NCC)NCC(C)(O)c2ccccc2)cc1.I. The van der Waals surface area contributed by atoms with Gasteiger partial charge in [0.2, 0.25) is 5.91 Å². The van der Waals surface area contributed by atoms with Gasteiger partial charge in [-0.25, -0.2) is 4.99 Å². The Balaban J connectivity index is 0.00000450. The first kappa shape index (κ1) is 25.9. The highest BCUT2D eigenvalue weighted by Gasteiger charge is 2.22. The number of rotatable bonds is 9. The molecule has 6 nitrogen and oxygen atoms in total. The van der Waals surface area contributed by atoms with Gasteiger partial charge in [-0.3, -0.25) is 4.79 Å². The fourth-order valence-corrected chi connectivity index (χ4v) is 2.81. The lowest BCUT2D eigenvalue weighted by atomic mass is 9.96. The van der Waals surface area contributed by atoms with E-state index in [0.29, 0.717) is 25.5 Å². The summed E-state index contributed by atoms with van der Waals surface area (Å²) in [6.07, 6.45) is 1.35. The van der Waals surface area contributed by atoms with E-state index in [-0.39, 0.29) is 29.9 Å². The number of amides is 1. The van der Waals surface area contributed by atoms with Gasteiger partial charge in [0, 0.05) is 18.7 Å². The first-order valence-corrected chi connectivity index (χ1v) is 10.1. The van der Waals surface area contributed by atoms with Gasteiger partial charge in [0.25, 0.3) is 0 Å². The van der Waals surface area contributed by atoms with Gasteiger partial charge in [-0.05, 0) is 43.5 Å². The Morgan fingerprint density at radius 2 is 1.70 bits per heavy atom. The number of benzene rings is 2. The first-order chi connectivity index (χ1) is 13.9. The van der Waals surface area contributed by atoms with E-state index in [4.69, 9.17) is 0 Å². The van der Waals surface area contributed by atoms with Crippen molar-refractivity contribution in [3.63, 3.8) is 0 Å². The molecule has 1 atom stereocenters. The quantitative estimate of drug-likeness (QED) is 0.227. The molecule has 0 heterocycles. The molecule has 1 amide bonds. The molecule has 0 bridgehead atoms. The number of aliphatic imine (C=N–C) groups is 1. The van der Waals surface area contributed by atoms with Crippen molar-refractivity contribution in [2.24, 2.45) is 4.99 Å². The predicted molar refractivity (Wildman–Crippen MR) is 134 cm³/mol. The summed E-state index contributed by atoms with van der Waals surface area (Å²) in [4.78, 5) is 16.3. The number of nitrogens with zero attached hydrogens (tertiary/aromatic N) is 1. The molecule has 164 valence electrons. The second-order valence-electron chi connectivity index (χ2n) is 7.18. The molecule has 1 unspecified atom stereocenters. The first-order valence-electron chi connectivity index (χ1n) is 10.1. The van der Waals surface area contributed by atoms with Gasteiger partial charge in [-0.2, -0.15) is 0 Å². The summed E-state index contributed by atoms with van der Waals surface area (Å²) in [7, 11) is 0. The number of halogens is 1. The summed E-state index contributed by atoms with van der Waals surface area (Å²) < 4.78 is 0. The lowest BCUT2D eigenvalue weighted by Crippen LogP contribution is -2.44. The zero-order chi connectivity index (χ0) is 21.1. The Kier molecular flexibility index (Phi) is 11.4. The molecule has 0 aliphatic rings. The number of anilines is 1. The third-order valence-electron chi connectivity index (χ3n) is 4.47. The molecule has 2 aromatic rings. The van der Waals surface area contributed by atoms with E-state index < -0.39 is 5.60 Å². The number of hydrogen-bond acceptors (Lipinski definition) is 3. The number of hydrogen-bond donors (Lipinski definition) is 4. The number of nitrogens with one attached hydrogen (secondary N) is 3. The number of carbonyl (C=O) groups excluding carboxylic acids is 1. The highest BCUT2D eigenvalue weighted by atomic mass is 127. The second kappa shape index (κ2) is 13.2. The Morgan fingerprint density at radius 1 is 1.03 bits per heavy atom. The standard InChI is InChI=1S/C23H32N4O2.HI/c1-4-9-21(28)27-20-14-12-18(13-15-20)16-25-22(24-5-2)26-17-23(3,29)19-10-7-6-8-11-19;/h6-8,10-15,29H,4-5,9,16-17H2,1-3H3,(H,27,28)(H2,24,25,26);1H. The monoisotopic (exact) mass is 524 g/mol. The summed E-state index contributed by atoms with van der Waals surface area (Å²) in [5.41, 5.74) is 1.67.